The maximum absolute atomic E-state index is 12.6. The van der Waals surface area contributed by atoms with Crippen molar-refractivity contribution < 1.29 is 4.79 Å². The smallest absolute Gasteiger partial charge is 0.273 e. The number of hydrogen-bond acceptors (Lipinski definition) is 5. The van der Waals surface area contributed by atoms with Crippen molar-refractivity contribution in [1.82, 2.24) is 9.88 Å². The van der Waals surface area contributed by atoms with Crippen LogP contribution in [0.15, 0.2) is 17.5 Å². The molecule has 1 saturated heterocycles. The molecule has 1 aliphatic heterocycles. The van der Waals surface area contributed by atoms with Gasteiger partial charge in [0.2, 0.25) is 0 Å². The predicted molar refractivity (Wildman–Crippen MR) is 103 cm³/mol. The number of carbonyl (C=O) groups is 1. The van der Waals surface area contributed by atoms with E-state index in [-0.39, 0.29) is 36.8 Å². The van der Waals surface area contributed by atoms with Crippen LogP contribution in [0, 0.1) is 5.92 Å². The van der Waals surface area contributed by atoms with E-state index in [1.165, 1.54) is 22.7 Å². The van der Waals surface area contributed by atoms with E-state index in [4.69, 9.17) is 17.3 Å². The molecular formula is C14H18Cl3N3OS2. The van der Waals surface area contributed by atoms with Crippen LogP contribution >= 0.6 is 59.1 Å². The van der Waals surface area contributed by atoms with E-state index in [1.54, 1.807) is 0 Å². The molecule has 2 N–H and O–H groups in total. The third-order valence-electron chi connectivity index (χ3n) is 3.76. The molecule has 2 unspecified atom stereocenters. The molecule has 0 bridgehead atoms. The number of halogens is 3. The molecule has 9 heteroatoms. The average molecular weight is 415 g/mol. The van der Waals surface area contributed by atoms with Gasteiger partial charge < -0.3 is 10.6 Å². The van der Waals surface area contributed by atoms with Crippen molar-refractivity contribution in [3.05, 3.63) is 27.5 Å². The molecule has 23 heavy (non-hydrogen) atoms. The Morgan fingerprint density at radius 3 is 2.78 bits per heavy atom. The van der Waals surface area contributed by atoms with Gasteiger partial charge in [-0.3, -0.25) is 4.79 Å². The van der Waals surface area contributed by atoms with Gasteiger partial charge in [-0.25, -0.2) is 4.98 Å². The van der Waals surface area contributed by atoms with Crippen LogP contribution in [0.5, 0.6) is 0 Å². The number of thiophene rings is 1. The summed E-state index contributed by atoms with van der Waals surface area (Å²) < 4.78 is 0.729. The van der Waals surface area contributed by atoms with Gasteiger partial charge in [0, 0.05) is 18.0 Å². The summed E-state index contributed by atoms with van der Waals surface area (Å²) >= 11 is 8.90. The fraction of sp³-hybridized carbons (Fsp3) is 0.429. The number of aromatic nitrogens is 1. The molecular weight excluding hydrogens is 397 g/mol. The molecule has 1 fully saturated rings. The van der Waals surface area contributed by atoms with Crippen LogP contribution in [-0.4, -0.2) is 34.9 Å². The van der Waals surface area contributed by atoms with Crippen molar-refractivity contribution in [3.63, 3.8) is 0 Å². The molecule has 1 amide bonds. The molecule has 3 rings (SSSR count). The standard InChI is InChI=1S/C14H16ClN3OS2.2ClH/c1-8-4-9(5-16)6-18(8)14(19)10-7-20-13(17-10)11-2-3-12(15)21-11;;/h2-3,7-9H,4-6,16H2,1H3;2*1H. The number of likely N-dealkylation sites (tertiary alicyclic amines) is 1. The number of nitrogens with zero attached hydrogens (tertiary/aromatic N) is 2. The number of hydrogen-bond donors (Lipinski definition) is 1. The van der Waals surface area contributed by atoms with Gasteiger partial charge in [0.15, 0.2) is 0 Å². The summed E-state index contributed by atoms with van der Waals surface area (Å²) in [5.74, 6) is 0.404. The van der Waals surface area contributed by atoms with Gasteiger partial charge in [0.25, 0.3) is 5.91 Å². The zero-order valence-electron chi connectivity index (χ0n) is 12.4. The third kappa shape index (κ3) is 4.38. The average Bonchev–Trinajstić information content (AvgIpc) is 3.16. The second-order valence-electron chi connectivity index (χ2n) is 5.29. The highest BCUT2D eigenvalue weighted by atomic mass is 35.5. The van der Waals surface area contributed by atoms with Crippen LogP contribution in [0.1, 0.15) is 23.8 Å². The molecule has 2 aromatic heterocycles. The Balaban J connectivity index is 0.00000132. The van der Waals surface area contributed by atoms with Crippen LogP contribution in [0.4, 0.5) is 0 Å². The van der Waals surface area contributed by atoms with Crippen molar-refractivity contribution >= 4 is 65.0 Å². The van der Waals surface area contributed by atoms with Gasteiger partial charge in [-0.1, -0.05) is 11.6 Å². The largest absolute Gasteiger partial charge is 0.334 e. The molecule has 4 nitrogen and oxygen atoms in total. The number of nitrogens with two attached hydrogens (primary N) is 1. The molecule has 0 radical (unpaired) electrons. The lowest BCUT2D eigenvalue weighted by atomic mass is 10.1. The number of amides is 1. The van der Waals surface area contributed by atoms with Crippen molar-refractivity contribution in [2.45, 2.75) is 19.4 Å². The Hall–Kier alpha value is -0.370. The minimum absolute atomic E-state index is 0. The van der Waals surface area contributed by atoms with E-state index in [0.717, 1.165) is 27.2 Å². The summed E-state index contributed by atoms with van der Waals surface area (Å²) in [5.41, 5.74) is 6.23. The maximum atomic E-state index is 12.6. The molecule has 0 aliphatic carbocycles. The quantitative estimate of drug-likeness (QED) is 0.819. The SMILES string of the molecule is CC1CC(CN)CN1C(=O)c1csc(-c2ccc(Cl)s2)n1.Cl.Cl. The lowest BCUT2D eigenvalue weighted by Gasteiger charge is -2.20. The zero-order valence-corrected chi connectivity index (χ0v) is 16.4. The van der Waals surface area contributed by atoms with Crippen molar-refractivity contribution in [1.29, 1.82) is 0 Å². The van der Waals surface area contributed by atoms with Gasteiger partial charge in [-0.15, -0.1) is 47.5 Å². The summed E-state index contributed by atoms with van der Waals surface area (Å²) in [5, 5.41) is 2.67. The van der Waals surface area contributed by atoms with Crippen LogP contribution in [0.25, 0.3) is 9.88 Å². The van der Waals surface area contributed by atoms with Crippen molar-refractivity contribution in [2.75, 3.05) is 13.1 Å². The summed E-state index contributed by atoms with van der Waals surface area (Å²) in [6.07, 6.45) is 0.972. The zero-order chi connectivity index (χ0) is 15.0. The molecule has 1 aliphatic rings. The lowest BCUT2D eigenvalue weighted by Crippen LogP contribution is -2.34. The maximum Gasteiger partial charge on any atom is 0.273 e. The monoisotopic (exact) mass is 413 g/mol. The minimum atomic E-state index is 0. The first-order valence-corrected chi connectivity index (χ1v) is 8.88. The molecule has 128 valence electrons. The molecule has 0 aromatic carbocycles. The Morgan fingerprint density at radius 2 is 2.22 bits per heavy atom. The highest BCUT2D eigenvalue weighted by Crippen LogP contribution is 2.33. The topological polar surface area (TPSA) is 59.2 Å². The summed E-state index contributed by atoms with van der Waals surface area (Å²) in [4.78, 5) is 19.9. The van der Waals surface area contributed by atoms with E-state index in [1.807, 2.05) is 22.4 Å². The number of carbonyl (C=O) groups excluding carboxylic acids is 1. The second kappa shape index (κ2) is 8.65. The first kappa shape index (κ1) is 20.7. The van der Waals surface area contributed by atoms with Gasteiger partial charge in [-0.05, 0) is 37.9 Å². The fourth-order valence-electron chi connectivity index (χ4n) is 2.66. The van der Waals surface area contributed by atoms with Gasteiger partial charge in [-0.2, -0.15) is 0 Å². The van der Waals surface area contributed by atoms with E-state index in [2.05, 4.69) is 11.9 Å². The summed E-state index contributed by atoms with van der Waals surface area (Å²) in [6, 6.07) is 4.01. The Bertz CT molecular complexity index is 661. The van der Waals surface area contributed by atoms with Gasteiger partial charge in [0.1, 0.15) is 10.7 Å². The third-order valence-corrected chi connectivity index (χ3v) is 6.01. The lowest BCUT2D eigenvalue weighted by molar-refractivity contribution is 0.0738. The van der Waals surface area contributed by atoms with Gasteiger partial charge in [0.05, 0.1) is 9.21 Å². The van der Waals surface area contributed by atoms with Crippen molar-refractivity contribution in [3.8, 4) is 9.88 Å². The van der Waals surface area contributed by atoms with Crippen LogP contribution in [0.2, 0.25) is 4.34 Å². The van der Waals surface area contributed by atoms with Crippen LogP contribution < -0.4 is 5.73 Å². The fourth-order valence-corrected chi connectivity index (χ4v) is 4.57. The molecule has 2 atom stereocenters. The first-order valence-electron chi connectivity index (χ1n) is 6.80. The Kier molecular flexibility index (Phi) is 7.77. The van der Waals surface area contributed by atoms with E-state index in [0.29, 0.717) is 18.2 Å². The Labute approximate surface area is 160 Å². The highest BCUT2D eigenvalue weighted by Gasteiger charge is 2.33. The van der Waals surface area contributed by atoms with E-state index in [9.17, 15) is 4.79 Å². The van der Waals surface area contributed by atoms with E-state index < -0.39 is 0 Å². The molecule has 3 heterocycles. The molecule has 0 saturated carbocycles. The summed E-state index contributed by atoms with van der Waals surface area (Å²) in [7, 11) is 0. The minimum Gasteiger partial charge on any atom is -0.334 e. The second-order valence-corrected chi connectivity index (χ2v) is 7.86. The molecule has 2 aromatic rings. The van der Waals surface area contributed by atoms with Crippen molar-refractivity contribution in [2.24, 2.45) is 11.7 Å². The number of thiazole rings is 1. The highest BCUT2D eigenvalue weighted by molar-refractivity contribution is 7.23. The molecule has 0 spiro atoms. The Morgan fingerprint density at radius 1 is 1.48 bits per heavy atom. The van der Waals surface area contributed by atoms with Crippen LogP contribution in [0.3, 0.4) is 0 Å². The summed E-state index contributed by atoms with van der Waals surface area (Å²) in [6.45, 7) is 3.43. The number of rotatable bonds is 3. The van der Waals surface area contributed by atoms with Crippen LogP contribution in [-0.2, 0) is 0 Å². The predicted octanol–water partition coefficient (Wildman–Crippen LogP) is 4.18. The first-order chi connectivity index (χ1) is 10.1. The normalized spacial score (nSPS) is 20.0. The van der Waals surface area contributed by atoms with Gasteiger partial charge >= 0.3 is 0 Å². The van der Waals surface area contributed by atoms with E-state index >= 15 is 0 Å².